The highest BCUT2D eigenvalue weighted by molar-refractivity contribution is 5.85. The summed E-state index contributed by atoms with van der Waals surface area (Å²) in [4.78, 5) is 15.3. The lowest BCUT2D eigenvalue weighted by Gasteiger charge is -2.10. The zero-order valence-electron chi connectivity index (χ0n) is 11.6. The molecule has 0 atom stereocenters. The Hall–Kier alpha value is -2.50. The molecule has 0 aliphatic rings. The fourth-order valence-electron chi connectivity index (χ4n) is 1.85. The van der Waals surface area contributed by atoms with Crippen LogP contribution in [0.4, 0.5) is 16.2 Å². The molecule has 20 heavy (non-hydrogen) atoms. The standard InChI is InChI=1S/C14H18N4O2/c1-3-18-10-15-8-13(18)9-16-11-5-4-6-12(7-11)17-14(19)20-2/h4-8,10,16H,3,9H2,1-2H3,(H,17,19). The van der Waals surface area contributed by atoms with Gasteiger partial charge in [-0.15, -0.1) is 0 Å². The number of hydrogen-bond acceptors (Lipinski definition) is 4. The van der Waals surface area contributed by atoms with Gasteiger partial charge in [-0.05, 0) is 25.1 Å². The molecule has 0 bridgehead atoms. The first kappa shape index (κ1) is 13.9. The summed E-state index contributed by atoms with van der Waals surface area (Å²) in [5.41, 5.74) is 2.72. The van der Waals surface area contributed by atoms with E-state index in [1.165, 1.54) is 7.11 Å². The van der Waals surface area contributed by atoms with E-state index < -0.39 is 6.09 Å². The van der Waals surface area contributed by atoms with E-state index in [1.807, 2.05) is 30.7 Å². The van der Waals surface area contributed by atoms with E-state index in [1.54, 1.807) is 6.07 Å². The molecule has 6 heteroatoms. The third-order valence-electron chi connectivity index (χ3n) is 2.91. The Morgan fingerprint density at radius 1 is 1.40 bits per heavy atom. The summed E-state index contributed by atoms with van der Waals surface area (Å²) in [6.07, 6.45) is 3.17. The van der Waals surface area contributed by atoms with Gasteiger partial charge < -0.3 is 14.6 Å². The Morgan fingerprint density at radius 2 is 2.20 bits per heavy atom. The zero-order chi connectivity index (χ0) is 14.4. The van der Waals surface area contributed by atoms with Crippen LogP contribution in [0, 0.1) is 0 Å². The molecule has 0 aliphatic carbocycles. The molecule has 0 saturated heterocycles. The van der Waals surface area contributed by atoms with E-state index in [-0.39, 0.29) is 0 Å². The summed E-state index contributed by atoms with van der Waals surface area (Å²) < 4.78 is 6.63. The minimum Gasteiger partial charge on any atom is -0.453 e. The lowest BCUT2D eigenvalue weighted by atomic mass is 10.2. The van der Waals surface area contributed by atoms with Gasteiger partial charge in [0.25, 0.3) is 0 Å². The number of nitrogens with zero attached hydrogens (tertiary/aromatic N) is 2. The quantitative estimate of drug-likeness (QED) is 0.879. The number of benzene rings is 1. The highest BCUT2D eigenvalue weighted by atomic mass is 16.5. The van der Waals surface area contributed by atoms with Gasteiger partial charge in [-0.3, -0.25) is 5.32 Å². The van der Waals surface area contributed by atoms with E-state index in [2.05, 4.69) is 31.8 Å². The SMILES string of the molecule is CCn1cncc1CNc1cccc(NC(=O)OC)c1. The average Bonchev–Trinajstić information content (AvgIpc) is 2.93. The largest absolute Gasteiger partial charge is 0.453 e. The average molecular weight is 274 g/mol. The van der Waals surface area contributed by atoms with Gasteiger partial charge in [-0.25, -0.2) is 9.78 Å². The van der Waals surface area contributed by atoms with Gasteiger partial charge in [0, 0.05) is 24.1 Å². The molecule has 0 spiro atoms. The summed E-state index contributed by atoms with van der Waals surface area (Å²) in [5.74, 6) is 0. The smallest absolute Gasteiger partial charge is 0.411 e. The van der Waals surface area contributed by atoms with Crippen molar-refractivity contribution in [1.29, 1.82) is 0 Å². The molecule has 0 radical (unpaired) electrons. The van der Waals surface area contributed by atoms with Crippen LogP contribution in [0.3, 0.4) is 0 Å². The summed E-state index contributed by atoms with van der Waals surface area (Å²) in [5, 5.41) is 5.93. The van der Waals surface area contributed by atoms with Crippen LogP contribution in [-0.2, 0) is 17.8 Å². The Morgan fingerprint density at radius 3 is 2.95 bits per heavy atom. The van der Waals surface area contributed by atoms with Gasteiger partial charge in [0.05, 0.1) is 25.7 Å². The van der Waals surface area contributed by atoms with Crippen molar-refractivity contribution in [1.82, 2.24) is 9.55 Å². The fraction of sp³-hybridized carbons (Fsp3) is 0.286. The second-order valence-electron chi connectivity index (χ2n) is 4.22. The number of amides is 1. The maximum atomic E-state index is 11.2. The molecule has 0 unspecified atom stereocenters. The number of carbonyl (C=O) groups excluding carboxylic acids is 1. The van der Waals surface area contributed by atoms with Gasteiger partial charge in [0.15, 0.2) is 0 Å². The third kappa shape index (κ3) is 3.50. The predicted octanol–water partition coefficient (Wildman–Crippen LogP) is 2.69. The second kappa shape index (κ2) is 6.60. The van der Waals surface area contributed by atoms with Crippen LogP contribution in [0.1, 0.15) is 12.6 Å². The molecule has 2 N–H and O–H groups in total. The van der Waals surface area contributed by atoms with Crippen molar-refractivity contribution in [3.63, 3.8) is 0 Å². The monoisotopic (exact) mass is 274 g/mol. The van der Waals surface area contributed by atoms with Crippen molar-refractivity contribution in [2.24, 2.45) is 0 Å². The van der Waals surface area contributed by atoms with E-state index in [9.17, 15) is 4.79 Å². The van der Waals surface area contributed by atoms with Crippen LogP contribution in [0.25, 0.3) is 0 Å². The van der Waals surface area contributed by atoms with Crippen LogP contribution >= 0.6 is 0 Å². The molecule has 0 fully saturated rings. The normalized spacial score (nSPS) is 10.1. The summed E-state index contributed by atoms with van der Waals surface area (Å²) in [6.45, 7) is 3.64. The Labute approximate surface area is 117 Å². The third-order valence-corrected chi connectivity index (χ3v) is 2.91. The minimum absolute atomic E-state index is 0.480. The number of hydrogen-bond donors (Lipinski definition) is 2. The molecule has 0 saturated carbocycles. The molecule has 1 aromatic carbocycles. The lowest BCUT2D eigenvalue weighted by Crippen LogP contribution is -2.11. The Kier molecular flexibility index (Phi) is 4.60. The molecule has 0 aliphatic heterocycles. The second-order valence-corrected chi connectivity index (χ2v) is 4.22. The fourth-order valence-corrected chi connectivity index (χ4v) is 1.85. The number of nitrogens with one attached hydrogen (secondary N) is 2. The molecule has 6 nitrogen and oxygen atoms in total. The van der Waals surface area contributed by atoms with Gasteiger partial charge in [0.2, 0.25) is 0 Å². The highest BCUT2D eigenvalue weighted by Gasteiger charge is 2.03. The number of anilines is 2. The molecule has 106 valence electrons. The Bertz CT molecular complexity index is 580. The molecular formula is C14H18N4O2. The van der Waals surface area contributed by atoms with Crippen LogP contribution in [0.5, 0.6) is 0 Å². The number of imidazole rings is 1. The number of methoxy groups -OCH3 is 1. The van der Waals surface area contributed by atoms with E-state index in [0.717, 1.165) is 17.9 Å². The van der Waals surface area contributed by atoms with Crippen molar-refractivity contribution in [3.8, 4) is 0 Å². The number of aromatic nitrogens is 2. The number of rotatable bonds is 5. The van der Waals surface area contributed by atoms with Gasteiger partial charge in [0.1, 0.15) is 0 Å². The number of ether oxygens (including phenoxy) is 1. The maximum Gasteiger partial charge on any atom is 0.411 e. The van der Waals surface area contributed by atoms with Crippen molar-refractivity contribution in [2.75, 3.05) is 17.7 Å². The molecule has 2 aromatic rings. The molecule has 1 amide bonds. The summed E-state index contributed by atoms with van der Waals surface area (Å²) in [6, 6.07) is 7.46. The van der Waals surface area contributed by atoms with Crippen LogP contribution < -0.4 is 10.6 Å². The lowest BCUT2D eigenvalue weighted by molar-refractivity contribution is 0.187. The van der Waals surface area contributed by atoms with Crippen LogP contribution in [-0.4, -0.2) is 22.8 Å². The predicted molar refractivity (Wildman–Crippen MR) is 77.7 cm³/mol. The maximum absolute atomic E-state index is 11.2. The van der Waals surface area contributed by atoms with Crippen LogP contribution in [0.15, 0.2) is 36.8 Å². The van der Waals surface area contributed by atoms with E-state index >= 15 is 0 Å². The minimum atomic E-state index is -0.480. The van der Waals surface area contributed by atoms with E-state index in [4.69, 9.17) is 0 Å². The topological polar surface area (TPSA) is 68.2 Å². The molecule has 2 rings (SSSR count). The molecule has 1 heterocycles. The van der Waals surface area contributed by atoms with Gasteiger partial charge >= 0.3 is 6.09 Å². The summed E-state index contributed by atoms with van der Waals surface area (Å²) in [7, 11) is 1.34. The van der Waals surface area contributed by atoms with E-state index in [0.29, 0.717) is 12.2 Å². The van der Waals surface area contributed by atoms with Crippen molar-refractivity contribution in [2.45, 2.75) is 20.0 Å². The highest BCUT2D eigenvalue weighted by Crippen LogP contribution is 2.16. The number of aryl methyl sites for hydroxylation is 1. The first-order chi connectivity index (χ1) is 9.72. The first-order valence-electron chi connectivity index (χ1n) is 6.41. The van der Waals surface area contributed by atoms with Gasteiger partial charge in [-0.2, -0.15) is 0 Å². The summed E-state index contributed by atoms with van der Waals surface area (Å²) >= 11 is 0. The molecular weight excluding hydrogens is 256 g/mol. The van der Waals surface area contributed by atoms with Crippen molar-refractivity contribution in [3.05, 3.63) is 42.5 Å². The molecule has 1 aromatic heterocycles. The first-order valence-corrected chi connectivity index (χ1v) is 6.41. The van der Waals surface area contributed by atoms with Crippen molar-refractivity contribution < 1.29 is 9.53 Å². The van der Waals surface area contributed by atoms with Crippen LogP contribution in [0.2, 0.25) is 0 Å². The zero-order valence-corrected chi connectivity index (χ0v) is 11.6. The Balaban J connectivity index is 1.99. The number of carbonyl (C=O) groups is 1. The van der Waals surface area contributed by atoms with Gasteiger partial charge in [-0.1, -0.05) is 6.07 Å². The van der Waals surface area contributed by atoms with Crippen molar-refractivity contribution >= 4 is 17.5 Å².